The van der Waals surface area contributed by atoms with E-state index in [0.29, 0.717) is 12.0 Å². The van der Waals surface area contributed by atoms with Crippen LogP contribution < -0.4 is 5.32 Å². The van der Waals surface area contributed by atoms with E-state index < -0.39 is 0 Å². The first-order chi connectivity index (χ1) is 7.13. The first kappa shape index (κ1) is 12.2. The fourth-order valence-electron chi connectivity index (χ4n) is 1.39. The molecule has 1 heterocycles. The molecular formula is C11H21N3O. The summed E-state index contributed by atoms with van der Waals surface area (Å²) < 4.78 is 5.17. The highest BCUT2D eigenvalue weighted by molar-refractivity contribution is 4.91. The molecule has 4 heteroatoms. The van der Waals surface area contributed by atoms with E-state index in [9.17, 15) is 0 Å². The van der Waals surface area contributed by atoms with E-state index in [-0.39, 0.29) is 0 Å². The lowest BCUT2D eigenvalue weighted by molar-refractivity contribution is 0.361. The lowest BCUT2D eigenvalue weighted by Gasteiger charge is -2.09. The molecule has 0 amide bonds. The van der Waals surface area contributed by atoms with Crippen molar-refractivity contribution in [3.05, 3.63) is 11.7 Å². The summed E-state index contributed by atoms with van der Waals surface area (Å²) in [6.45, 7) is 9.41. The Bertz CT molecular complexity index is 283. The van der Waals surface area contributed by atoms with Crippen molar-refractivity contribution in [1.29, 1.82) is 0 Å². The van der Waals surface area contributed by atoms with Gasteiger partial charge in [0.1, 0.15) is 0 Å². The van der Waals surface area contributed by atoms with Crippen molar-refractivity contribution in [2.75, 3.05) is 6.54 Å². The molecule has 1 rings (SSSR count). The van der Waals surface area contributed by atoms with Crippen LogP contribution in [0.2, 0.25) is 0 Å². The first-order valence-electron chi connectivity index (χ1n) is 5.69. The number of nitrogens with one attached hydrogen (secondary N) is 1. The van der Waals surface area contributed by atoms with Gasteiger partial charge in [0.15, 0.2) is 5.82 Å². The summed E-state index contributed by atoms with van der Waals surface area (Å²) in [5, 5.41) is 7.29. The maximum Gasteiger partial charge on any atom is 0.226 e. The van der Waals surface area contributed by atoms with Gasteiger partial charge in [0, 0.05) is 18.4 Å². The van der Waals surface area contributed by atoms with Gasteiger partial charge in [0.2, 0.25) is 5.89 Å². The third kappa shape index (κ3) is 4.00. The van der Waals surface area contributed by atoms with Gasteiger partial charge in [-0.3, -0.25) is 0 Å². The molecule has 1 unspecified atom stereocenters. The van der Waals surface area contributed by atoms with Crippen LogP contribution in [0.5, 0.6) is 0 Å². The second kappa shape index (κ2) is 5.85. The first-order valence-corrected chi connectivity index (χ1v) is 5.69. The molecule has 0 saturated carbocycles. The van der Waals surface area contributed by atoms with Crippen LogP contribution in [0.1, 0.15) is 51.7 Å². The predicted molar refractivity (Wildman–Crippen MR) is 59.8 cm³/mol. The Labute approximate surface area is 91.5 Å². The zero-order chi connectivity index (χ0) is 11.3. The molecule has 0 saturated heterocycles. The van der Waals surface area contributed by atoms with E-state index in [1.807, 2.05) is 0 Å². The van der Waals surface area contributed by atoms with Crippen LogP contribution in [0.4, 0.5) is 0 Å². The van der Waals surface area contributed by atoms with Crippen LogP contribution in [0.3, 0.4) is 0 Å². The zero-order valence-electron chi connectivity index (χ0n) is 10.1. The highest BCUT2D eigenvalue weighted by Gasteiger charge is 2.10. The van der Waals surface area contributed by atoms with Gasteiger partial charge in [-0.2, -0.15) is 4.98 Å². The Balaban J connectivity index is 2.37. The second-order valence-electron chi connectivity index (χ2n) is 4.20. The third-order valence-electron chi connectivity index (χ3n) is 2.34. The quantitative estimate of drug-likeness (QED) is 0.783. The monoisotopic (exact) mass is 211 g/mol. The van der Waals surface area contributed by atoms with Gasteiger partial charge in [0.25, 0.3) is 0 Å². The molecule has 4 nitrogen and oxygen atoms in total. The lowest BCUT2D eigenvalue weighted by atomic mass is 10.2. The summed E-state index contributed by atoms with van der Waals surface area (Å²) in [6.07, 6.45) is 1.89. The van der Waals surface area contributed by atoms with Gasteiger partial charge < -0.3 is 9.84 Å². The molecule has 1 N–H and O–H groups in total. The normalized spacial score (nSPS) is 13.4. The average molecular weight is 211 g/mol. The van der Waals surface area contributed by atoms with E-state index in [0.717, 1.165) is 31.1 Å². The van der Waals surface area contributed by atoms with Crippen molar-refractivity contribution in [1.82, 2.24) is 15.5 Å². The molecule has 1 atom stereocenters. The molecule has 0 aliphatic carbocycles. The topological polar surface area (TPSA) is 51.0 Å². The fourth-order valence-corrected chi connectivity index (χ4v) is 1.39. The molecule has 1 aromatic rings. The van der Waals surface area contributed by atoms with E-state index in [1.54, 1.807) is 0 Å². The maximum absolute atomic E-state index is 5.17. The molecule has 0 spiro atoms. The maximum atomic E-state index is 5.17. The van der Waals surface area contributed by atoms with Crippen LogP contribution in [0.25, 0.3) is 0 Å². The van der Waals surface area contributed by atoms with Gasteiger partial charge in [-0.1, -0.05) is 25.9 Å². The van der Waals surface area contributed by atoms with Crippen molar-refractivity contribution in [2.24, 2.45) is 0 Å². The Morgan fingerprint density at radius 3 is 2.60 bits per heavy atom. The van der Waals surface area contributed by atoms with E-state index in [2.05, 4.69) is 43.2 Å². The lowest BCUT2D eigenvalue weighted by Crippen LogP contribution is -2.25. The Morgan fingerprint density at radius 1 is 1.33 bits per heavy atom. The van der Waals surface area contributed by atoms with Gasteiger partial charge in [0.05, 0.1) is 0 Å². The highest BCUT2D eigenvalue weighted by atomic mass is 16.5. The average Bonchev–Trinajstić information content (AvgIpc) is 2.63. The largest absolute Gasteiger partial charge is 0.339 e. The van der Waals surface area contributed by atoms with Crippen LogP contribution in [0, 0.1) is 0 Å². The van der Waals surface area contributed by atoms with Crippen molar-refractivity contribution in [3.8, 4) is 0 Å². The molecular weight excluding hydrogens is 190 g/mol. The summed E-state index contributed by atoms with van der Waals surface area (Å²) in [5.74, 6) is 1.90. The Hall–Kier alpha value is -0.900. The van der Waals surface area contributed by atoms with Crippen molar-refractivity contribution in [2.45, 2.75) is 52.5 Å². The number of hydrogen-bond acceptors (Lipinski definition) is 4. The molecule has 0 aliphatic rings. The van der Waals surface area contributed by atoms with E-state index in [1.165, 1.54) is 0 Å². The third-order valence-corrected chi connectivity index (χ3v) is 2.34. The second-order valence-corrected chi connectivity index (χ2v) is 4.20. The Kier molecular flexibility index (Phi) is 4.75. The SMILES string of the molecule is CCNC(C)CCc1nc(C(C)C)no1. The van der Waals surface area contributed by atoms with Crippen LogP contribution >= 0.6 is 0 Å². The van der Waals surface area contributed by atoms with Crippen LogP contribution in [-0.2, 0) is 6.42 Å². The Morgan fingerprint density at radius 2 is 2.07 bits per heavy atom. The molecule has 1 aromatic heterocycles. The molecule has 86 valence electrons. The number of hydrogen-bond donors (Lipinski definition) is 1. The number of aromatic nitrogens is 2. The van der Waals surface area contributed by atoms with E-state index in [4.69, 9.17) is 4.52 Å². The zero-order valence-corrected chi connectivity index (χ0v) is 10.1. The summed E-state index contributed by atoms with van der Waals surface area (Å²) in [6, 6.07) is 0.504. The van der Waals surface area contributed by atoms with Gasteiger partial charge >= 0.3 is 0 Å². The molecule has 0 bridgehead atoms. The molecule has 0 radical (unpaired) electrons. The fraction of sp³-hybridized carbons (Fsp3) is 0.818. The summed E-state index contributed by atoms with van der Waals surface area (Å²) in [4.78, 5) is 4.34. The number of aryl methyl sites for hydroxylation is 1. The number of nitrogens with zero attached hydrogens (tertiary/aromatic N) is 2. The smallest absolute Gasteiger partial charge is 0.226 e. The van der Waals surface area contributed by atoms with E-state index >= 15 is 0 Å². The van der Waals surface area contributed by atoms with Crippen molar-refractivity contribution in [3.63, 3.8) is 0 Å². The standard InChI is InChI=1S/C11H21N3O/c1-5-12-9(4)6-7-10-13-11(8(2)3)14-15-10/h8-9,12H,5-7H2,1-4H3. The van der Waals surface area contributed by atoms with Crippen molar-refractivity contribution < 1.29 is 4.52 Å². The summed E-state index contributed by atoms with van der Waals surface area (Å²) >= 11 is 0. The molecule has 0 aromatic carbocycles. The molecule has 0 fully saturated rings. The van der Waals surface area contributed by atoms with Crippen molar-refractivity contribution >= 4 is 0 Å². The van der Waals surface area contributed by atoms with Crippen LogP contribution in [0.15, 0.2) is 4.52 Å². The minimum atomic E-state index is 0.341. The van der Waals surface area contributed by atoms with Gasteiger partial charge in [-0.25, -0.2) is 0 Å². The van der Waals surface area contributed by atoms with Gasteiger partial charge in [-0.15, -0.1) is 0 Å². The minimum absolute atomic E-state index is 0.341. The van der Waals surface area contributed by atoms with Gasteiger partial charge in [-0.05, 0) is 19.9 Å². The minimum Gasteiger partial charge on any atom is -0.339 e. The summed E-state index contributed by atoms with van der Waals surface area (Å²) in [7, 11) is 0. The molecule has 15 heavy (non-hydrogen) atoms. The highest BCUT2D eigenvalue weighted by Crippen LogP contribution is 2.11. The van der Waals surface area contributed by atoms with Crippen LogP contribution in [-0.4, -0.2) is 22.7 Å². The predicted octanol–water partition coefficient (Wildman–Crippen LogP) is 2.12. The summed E-state index contributed by atoms with van der Waals surface area (Å²) in [5.41, 5.74) is 0. The molecule has 0 aliphatic heterocycles. The number of rotatable bonds is 6.